The van der Waals surface area contributed by atoms with E-state index in [1.807, 2.05) is 30.3 Å². The molecule has 19 heavy (non-hydrogen) atoms. The molecule has 0 bridgehead atoms. The zero-order chi connectivity index (χ0) is 13.2. The van der Waals surface area contributed by atoms with Crippen molar-refractivity contribution in [2.75, 3.05) is 5.32 Å². The molecule has 6 heteroatoms. The molecule has 4 nitrogen and oxygen atoms in total. The summed E-state index contributed by atoms with van der Waals surface area (Å²) in [6, 6.07) is 12.7. The number of rotatable bonds is 2. The summed E-state index contributed by atoms with van der Waals surface area (Å²) in [6.45, 7) is 0. The molecule has 0 aliphatic heterocycles. The predicted molar refractivity (Wildman–Crippen MR) is 79.5 cm³/mol. The van der Waals surface area contributed by atoms with Crippen molar-refractivity contribution in [2.45, 2.75) is 0 Å². The van der Waals surface area contributed by atoms with E-state index in [1.54, 1.807) is 12.1 Å². The van der Waals surface area contributed by atoms with Gasteiger partial charge in [-0.1, -0.05) is 29.5 Å². The Bertz CT molecular complexity index is 742. The summed E-state index contributed by atoms with van der Waals surface area (Å²) in [5.41, 5.74) is 1.38. The largest absolute Gasteiger partial charge is 0.298 e. The average molecular weight is 334 g/mol. The number of benzene rings is 1. The Morgan fingerprint density at radius 1 is 1.11 bits per heavy atom. The van der Waals surface area contributed by atoms with Gasteiger partial charge in [-0.25, -0.2) is 9.97 Å². The number of hydrogen-bond acceptors (Lipinski definition) is 4. The number of nitrogens with zero attached hydrogens (tertiary/aromatic N) is 2. The summed E-state index contributed by atoms with van der Waals surface area (Å²) in [5.74, 6) is -0.168. The Balaban J connectivity index is 1.87. The Hall–Kier alpha value is -1.79. The number of anilines is 1. The molecular weight excluding hydrogens is 326 g/mol. The van der Waals surface area contributed by atoms with Gasteiger partial charge in [-0.2, -0.15) is 0 Å². The number of hydrogen-bond donors (Lipinski definition) is 1. The molecule has 0 fully saturated rings. The van der Waals surface area contributed by atoms with Gasteiger partial charge in [0.1, 0.15) is 15.0 Å². The highest BCUT2D eigenvalue weighted by Crippen LogP contribution is 2.25. The van der Waals surface area contributed by atoms with E-state index >= 15 is 0 Å². The third-order valence-electron chi connectivity index (χ3n) is 2.48. The summed E-state index contributed by atoms with van der Waals surface area (Å²) in [6.07, 6.45) is 0. The fourth-order valence-electron chi connectivity index (χ4n) is 1.61. The molecular formula is C13H8BrN3OS. The van der Waals surface area contributed by atoms with Crippen LogP contribution in [0.4, 0.5) is 5.13 Å². The molecule has 1 N–H and O–H groups in total. The lowest BCUT2D eigenvalue weighted by Crippen LogP contribution is -2.11. The molecule has 0 aliphatic carbocycles. The van der Waals surface area contributed by atoms with Crippen LogP contribution in [0, 0.1) is 0 Å². The van der Waals surface area contributed by atoms with E-state index in [4.69, 9.17) is 0 Å². The first kappa shape index (κ1) is 12.3. The first-order chi connectivity index (χ1) is 9.22. The van der Waals surface area contributed by atoms with Crippen LogP contribution in [0.5, 0.6) is 0 Å². The number of carbonyl (C=O) groups is 1. The quantitative estimate of drug-likeness (QED) is 0.727. The second kappa shape index (κ2) is 5.07. The van der Waals surface area contributed by atoms with Gasteiger partial charge in [0.15, 0.2) is 5.13 Å². The zero-order valence-corrected chi connectivity index (χ0v) is 12.0. The monoisotopic (exact) mass is 333 g/mol. The van der Waals surface area contributed by atoms with Crippen LogP contribution in [-0.2, 0) is 0 Å². The first-order valence-corrected chi connectivity index (χ1v) is 7.13. The normalized spacial score (nSPS) is 10.6. The Labute approximate surface area is 121 Å². The van der Waals surface area contributed by atoms with Crippen LogP contribution in [0.1, 0.15) is 10.4 Å². The van der Waals surface area contributed by atoms with Crippen LogP contribution in [-0.4, -0.2) is 15.9 Å². The van der Waals surface area contributed by atoms with Gasteiger partial charge in [0, 0.05) is 5.56 Å². The van der Waals surface area contributed by atoms with Crippen molar-refractivity contribution < 1.29 is 4.79 Å². The number of amides is 1. The molecule has 2 heterocycles. The first-order valence-electron chi connectivity index (χ1n) is 5.52. The van der Waals surface area contributed by atoms with E-state index in [2.05, 4.69) is 31.2 Å². The maximum Gasteiger partial charge on any atom is 0.257 e. The van der Waals surface area contributed by atoms with E-state index in [0.717, 1.165) is 15.0 Å². The van der Waals surface area contributed by atoms with E-state index in [0.29, 0.717) is 10.7 Å². The molecule has 0 unspecified atom stereocenters. The number of halogens is 1. The van der Waals surface area contributed by atoms with Crippen molar-refractivity contribution in [3.63, 3.8) is 0 Å². The van der Waals surface area contributed by atoms with Crippen LogP contribution >= 0.6 is 27.3 Å². The SMILES string of the molecule is O=C(Nc1nc2ccc(Br)nc2s1)c1ccccc1. The van der Waals surface area contributed by atoms with E-state index in [-0.39, 0.29) is 5.91 Å². The smallest absolute Gasteiger partial charge is 0.257 e. The molecule has 0 spiro atoms. The zero-order valence-electron chi connectivity index (χ0n) is 9.63. The van der Waals surface area contributed by atoms with Gasteiger partial charge in [0.2, 0.25) is 0 Å². The van der Waals surface area contributed by atoms with Crippen molar-refractivity contribution in [2.24, 2.45) is 0 Å². The Kier molecular flexibility index (Phi) is 3.27. The number of aromatic nitrogens is 2. The molecule has 0 radical (unpaired) electrons. The second-order valence-electron chi connectivity index (χ2n) is 3.80. The fraction of sp³-hybridized carbons (Fsp3) is 0. The van der Waals surface area contributed by atoms with Crippen LogP contribution in [0.25, 0.3) is 10.3 Å². The van der Waals surface area contributed by atoms with Crippen LogP contribution in [0.3, 0.4) is 0 Å². The summed E-state index contributed by atoms with van der Waals surface area (Å²) < 4.78 is 0.754. The topological polar surface area (TPSA) is 54.9 Å². The molecule has 0 atom stereocenters. The maximum absolute atomic E-state index is 12.0. The van der Waals surface area contributed by atoms with Gasteiger partial charge in [0.05, 0.1) is 0 Å². The molecule has 3 rings (SSSR count). The molecule has 1 aromatic carbocycles. The van der Waals surface area contributed by atoms with E-state index in [1.165, 1.54) is 11.3 Å². The van der Waals surface area contributed by atoms with Gasteiger partial charge in [-0.3, -0.25) is 10.1 Å². The lowest BCUT2D eigenvalue weighted by Gasteiger charge is -2.00. The van der Waals surface area contributed by atoms with E-state index in [9.17, 15) is 4.79 Å². The summed E-state index contributed by atoms with van der Waals surface area (Å²) in [7, 11) is 0. The lowest BCUT2D eigenvalue weighted by atomic mass is 10.2. The molecule has 0 aliphatic rings. The molecule has 2 aromatic heterocycles. The van der Waals surface area contributed by atoms with Crippen molar-refractivity contribution in [1.82, 2.24) is 9.97 Å². The number of pyridine rings is 1. The molecule has 0 saturated heterocycles. The maximum atomic E-state index is 12.0. The minimum Gasteiger partial charge on any atom is -0.298 e. The van der Waals surface area contributed by atoms with Gasteiger partial charge < -0.3 is 0 Å². The molecule has 0 saturated carbocycles. The molecule has 3 aromatic rings. The number of carbonyl (C=O) groups excluding carboxylic acids is 1. The van der Waals surface area contributed by atoms with Gasteiger partial charge in [-0.15, -0.1) is 0 Å². The standard InChI is InChI=1S/C13H8BrN3OS/c14-10-7-6-9-12(16-10)19-13(15-9)17-11(18)8-4-2-1-3-5-8/h1-7H,(H,15,17,18). The molecule has 1 amide bonds. The van der Waals surface area contributed by atoms with E-state index < -0.39 is 0 Å². The number of fused-ring (bicyclic) bond motifs is 1. The minimum absolute atomic E-state index is 0.168. The minimum atomic E-state index is -0.168. The highest BCUT2D eigenvalue weighted by molar-refractivity contribution is 9.10. The third-order valence-corrected chi connectivity index (χ3v) is 3.80. The highest BCUT2D eigenvalue weighted by atomic mass is 79.9. The summed E-state index contributed by atoms with van der Waals surface area (Å²) in [4.78, 5) is 21.4. The van der Waals surface area contributed by atoms with Crippen molar-refractivity contribution in [3.8, 4) is 0 Å². The average Bonchev–Trinajstić information content (AvgIpc) is 2.81. The van der Waals surface area contributed by atoms with Crippen molar-refractivity contribution in [3.05, 3.63) is 52.6 Å². The summed E-state index contributed by atoms with van der Waals surface area (Å²) in [5, 5.41) is 3.33. The third kappa shape index (κ3) is 2.64. The number of thiazole rings is 1. The fourth-order valence-corrected chi connectivity index (χ4v) is 2.87. The van der Waals surface area contributed by atoms with Gasteiger partial charge in [0.25, 0.3) is 5.91 Å². The van der Waals surface area contributed by atoms with Crippen LogP contribution in [0.2, 0.25) is 0 Å². The lowest BCUT2D eigenvalue weighted by molar-refractivity contribution is 0.102. The predicted octanol–water partition coefficient (Wildman–Crippen LogP) is 3.71. The Morgan fingerprint density at radius 2 is 1.89 bits per heavy atom. The summed E-state index contributed by atoms with van der Waals surface area (Å²) >= 11 is 4.66. The molecule has 94 valence electrons. The highest BCUT2D eigenvalue weighted by Gasteiger charge is 2.10. The van der Waals surface area contributed by atoms with Crippen LogP contribution < -0.4 is 5.32 Å². The number of nitrogens with one attached hydrogen (secondary N) is 1. The van der Waals surface area contributed by atoms with Crippen molar-refractivity contribution in [1.29, 1.82) is 0 Å². The van der Waals surface area contributed by atoms with Crippen molar-refractivity contribution >= 4 is 48.7 Å². The van der Waals surface area contributed by atoms with Crippen LogP contribution in [0.15, 0.2) is 47.1 Å². The van der Waals surface area contributed by atoms with Gasteiger partial charge in [-0.05, 0) is 40.2 Å². The Morgan fingerprint density at radius 3 is 2.68 bits per heavy atom. The van der Waals surface area contributed by atoms with Gasteiger partial charge >= 0.3 is 0 Å². The second-order valence-corrected chi connectivity index (χ2v) is 5.59.